The van der Waals surface area contributed by atoms with Crippen LogP contribution in [0, 0.1) is 18.8 Å². The third kappa shape index (κ3) is 3.41. The van der Waals surface area contributed by atoms with Gasteiger partial charge in [0.15, 0.2) is 0 Å². The second-order valence-electron chi connectivity index (χ2n) is 3.84. The fraction of sp³-hybridized carbons (Fsp3) is 0.125. The third-order valence-electron chi connectivity index (χ3n) is 2.49. The Bertz CT molecular complexity index is 539. The maximum Gasteiger partial charge on any atom is 0.0249 e. The number of hydrogen-bond acceptors (Lipinski definition) is 1. The average molecular weight is 238 g/mol. The summed E-state index contributed by atoms with van der Waals surface area (Å²) in [6.45, 7) is 2.08. The van der Waals surface area contributed by atoms with Crippen molar-refractivity contribution in [2.45, 2.75) is 11.8 Å². The molecule has 0 saturated carbocycles. The highest BCUT2D eigenvalue weighted by atomic mass is 32.2. The minimum atomic E-state index is 1.06. The van der Waals surface area contributed by atoms with Gasteiger partial charge in [0.05, 0.1) is 0 Å². The minimum absolute atomic E-state index is 1.06. The average Bonchev–Trinajstić information content (AvgIpc) is 2.39. The van der Waals surface area contributed by atoms with E-state index in [1.807, 2.05) is 0 Å². The highest BCUT2D eigenvalue weighted by molar-refractivity contribution is 7.98. The van der Waals surface area contributed by atoms with E-state index < -0.39 is 0 Å². The quantitative estimate of drug-likeness (QED) is 0.532. The molecule has 84 valence electrons. The molecule has 2 aromatic rings. The predicted molar refractivity (Wildman–Crippen MR) is 75.4 cm³/mol. The molecule has 0 unspecified atom stereocenters. The van der Waals surface area contributed by atoms with Gasteiger partial charge in [0.2, 0.25) is 0 Å². The van der Waals surface area contributed by atoms with Gasteiger partial charge in [-0.15, -0.1) is 11.8 Å². The smallest absolute Gasteiger partial charge is 0.0249 e. The molecule has 1 heteroatoms. The molecule has 0 aliphatic rings. The Kier molecular flexibility index (Phi) is 3.90. The molecule has 17 heavy (non-hydrogen) atoms. The molecule has 0 N–H and O–H groups in total. The maximum atomic E-state index is 3.17. The van der Waals surface area contributed by atoms with E-state index in [2.05, 4.69) is 73.6 Å². The van der Waals surface area contributed by atoms with Crippen molar-refractivity contribution >= 4 is 11.8 Å². The summed E-state index contributed by atoms with van der Waals surface area (Å²) in [4.78, 5) is 1.27. The number of aryl methyl sites for hydroxylation is 1. The molecule has 0 amide bonds. The lowest BCUT2D eigenvalue weighted by Gasteiger charge is -1.95. The van der Waals surface area contributed by atoms with E-state index in [0.717, 1.165) is 11.1 Å². The van der Waals surface area contributed by atoms with Gasteiger partial charge >= 0.3 is 0 Å². The Morgan fingerprint density at radius 2 is 1.24 bits per heavy atom. The van der Waals surface area contributed by atoms with E-state index in [1.54, 1.807) is 11.8 Å². The number of hydrogen-bond donors (Lipinski definition) is 0. The van der Waals surface area contributed by atoms with Crippen LogP contribution in [-0.2, 0) is 0 Å². The fourth-order valence-electron chi connectivity index (χ4n) is 1.46. The molecule has 0 radical (unpaired) electrons. The van der Waals surface area contributed by atoms with Crippen LogP contribution in [0.5, 0.6) is 0 Å². The van der Waals surface area contributed by atoms with Crippen LogP contribution in [0.25, 0.3) is 0 Å². The second-order valence-corrected chi connectivity index (χ2v) is 4.72. The van der Waals surface area contributed by atoms with Crippen molar-refractivity contribution in [2.24, 2.45) is 0 Å². The van der Waals surface area contributed by atoms with E-state index in [9.17, 15) is 0 Å². The van der Waals surface area contributed by atoms with Crippen molar-refractivity contribution < 1.29 is 0 Å². The summed E-state index contributed by atoms with van der Waals surface area (Å²) in [5.41, 5.74) is 3.38. The van der Waals surface area contributed by atoms with Crippen molar-refractivity contribution in [1.82, 2.24) is 0 Å². The number of benzene rings is 2. The van der Waals surface area contributed by atoms with Gasteiger partial charge in [-0.2, -0.15) is 0 Å². The SMILES string of the molecule is CSc1ccc(C#Cc2ccc(C)cc2)cc1. The molecule has 2 aromatic carbocycles. The summed E-state index contributed by atoms with van der Waals surface area (Å²) in [5.74, 6) is 6.34. The zero-order valence-corrected chi connectivity index (χ0v) is 10.8. The van der Waals surface area contributed by atoms with E-state index >= 15 is 0 Å². The molecule has 0 aliphatic heterocycles. The molecule has 0 saturated heterocycles. The summed E-state index contributed by atoms with van der Waals surface area (Å²) < 4.78 is 0. The Hall–Kier alpha value is -1.65. The van der Waals surface area contributed by atoms with Gasteiger partial charge in [-0.3, -0.25) is 0 Å². The summed E-state index contributed by atoms with van der Waals surface area (Å²) >= 11 is 1.75. The van der Waals surface area contributed by atoms with E-state index in [0.29, 0.717) is 0 Å². The molecule has 0 bridgehead atoms. The molecule has 0 aromatic heterocycles. The first-order valence-electron chi connectivity index (χ1n) is 5.51. The standard InChI is InChI=1S/C16H14S/c1-13-3-5-14(6-4-13)7-8-15-9-11-16(17-2)12-10-15/h3-6,9-12H,1-2H3. The van der Waals surface area contributed by atoms with Gasteiger partial charge in [-0.1, -0.05) is 29.5 Å². The summed E-state index contributed by atoms with van der Waals surface area (Å²) in [5, 5.41) is 0. The van der Waals surface area contributed by atoms with Gasteiger partial charge in [0.25, 0.3) is 0 Å². The number of thioether (sulfide) groups is 1. The topological polar surface area (TPSA) is 0 Å². The number of rotatable bonds is 1. The van der Waals surface area contributed by atoms with Gasteiger partial charge in [-0.25, -0.2) is 0 Å². The predicted octanol–water partition coefficient (Wildman–Crippen LogP) is 4.12. The zero-order valence-electron chi connectivity index (χ0n) is 10.0. The van der Waals surface area contributed by atoms with Crippen LogP contribution >= 0.6 is 11.8 Å². The lowest BCUT2D eigenvalue weighted by atomic mass is 10.1. The molecular formula is C16H14S. The molecule has 0 aliphatic carbocycles. The first-order valence-corrected chi connectivity index (χ1v) is 6.73. The zero-order chi connectivity index (χ0) is 12.1. The van der Waals surface area contributed by atoms with Gasteiger partial charge in [-0.05, 0) is 49.6 Å². The van der Waals surface area contributed by atoms with Gasteiger partial charge < -0.3 is 0 Å². The molecule has 0 nitrogen and oxygen atoms in total. The molecule has 0 heterocycles. The normalized spacial score (nSPS) is 9.53. The first-order chi connectivity index (χ1) is 8.28. The van der Waals surface area contributed by atoms with Crippen LogP contribution in [0.15, 0.2) is 53.4 Å². The Labute approximate surface area is 107 Å². The molecular weight excluding hydrogens is 224 g/mol. The lowest BCUT2D eigenvalue weighted by Crippen LogP contribution is -1.77. The van der Waals surface area contributed by atoms with Crippen LogP contribution in [0.1, 0.15) is 16.7 Å². The fourth-order valence-corrected chi connectivity index (χ4v) is 1.86. The largest absolute Gasteiger partial charge is 0.130 e. The molecule has 0 spiro atoms. The summed E-state index contributed by atoms with van der Waals surface area (Å²) in [6, 6.07) is 16.6. The molecule has 2 rings (SSSR count). The van der Waals surface area contributed by atoms with E-state index in [1.165, 1.54) is 10.5 Å². The van der Waals surface area contributed by atoms with Crippen molar-refractivity contribution in [3.63, 3.8) is 0 Å². The van der Waals surface area contributed by atoms with Crippen LogP contribution in [0.3, 0.4) is 0 Å². The second kappa shape index (κ2) is 5.61. The van der Waals surface area contributed by atoms with Crippen LogP contribution < -0.4 is 0 Å². The minimum Gasteiger partial charge on any atom is -0.130 e. The Morgan fingerprint density at radius 3 is 1.71 bits per heavy atom. The van der Waals surface area contributed by atoms with Crippen LogP contribution in [-0.4, -0.2) is 6.26 Å². The third-order valence-corrected chi connectivity index (χ3v) is 3.24. The lowest BCUT2D eigenvalue weighted by molar-refractivity contribution is 1.44. The molecule has 0 atom stereocenters. The monoisotopic (exact) mass is 238 g/mol. The highest BCUT2D eigenvalue weighted by Crippen LogP contribution is 2.14. The van der Waals surface area contributed by atoms with Gasteiger partial charge in [0.1, 0.15) is 0 Å². The van der Waals surface area contributed by atoms with Crippen molar-refractivity contribution in [3.05, 3.63) is 65.2 Å². The van der Waals surface area contributed by atoms with Crippen molar-refractivity contribution in [1.29, 1.82) is 0 Å². The van der Waals surface area contributed by atoms with E-state index in [-0.39, 0.29) is 0 Å². The summed E-state index contributed by atoms with van der Waals surface area (Å²) in [6.07, 6.45) is 2.08. The summed E-state index contributed by atoms with van der Waals surface area (Å²) in [7, 11) is 0. The van der Waals surface area contributed by atoms with E-state index in [4.69, 9.17) is 0 Å². The van der Waals surface area contributed by atoms with Crippen molar-refractivity contribution in [2.75, 3.05) is 6.26 Å². The van der Waals surface area contributed by atoms with Crippen molar-refractivity contribution in [3.8, 4) is 11.8 Å². The Balaban J connectivity index is 2.17. The van der Waals surface area contributed by atoms with Crippen LogP contribution in [0.4, 0.5) is 0 Å². The molecule has 0 fully saturated rings. The van der Waals surface area contributed by atoms with Gasteiger partial charge in [0, 0.05) is 16.0 Å². The maximum absolute atomic E-state index is 3.17. The van der Waals surface area contributed by atoms with Crippen LogP contribution in [0.2, 0.25) is 0 Å². The highest BCUT2D eigenvalue weighted by Gasteiger charge is 1.90. The Morgan fingerprint density at radius 1 is 0.765 bits per heavy atom. The first kappa shape index (κ1) is 11.8.